The molecule has 20 heavy (non-hydrogen) atoms. The highest BCUT2D eigenvalue weighted by molar-refractivity contribution is 9.10. The molecule has 0 atom stereocenters. The number of rotatable bonds is 4. The highest BCUT2D eigenvalue weighted by Gasteiger charge is 2.21. The van der Waals surface area contributed by atoms with Crippen molar-refractivity contribution in [2.45, 2.75) is 44.2 Å². The van der Waals surface area contributed by atoms with Gasteiger partial charge in [0.2, 0.25) is 0 Å². The Morgan fingerprint density at radius 2 is 1.85 bits per heavy atom. The van der Waals surface area contributed by atoms with Crippen LogP contribution in [0.25, 0.3) is 0 Å². The molecule has 1 saturated carbocycles. The number of benzene rings is 1. The Morgan fingerprint density at radius 1 is 1.10 bits per heavy atom. The van der Waals surface area contributed by atoms with Crippen molar-refractivity contribution in [1.82, 2.24) is 5.32 Å². The minimum atomic E-state index is 0.691. The Kier molecular flexibility index (Phi) is 4.92. The second-order valence-corrected chi connectivity index (χ2v) is 7.48. The summed E-state index contributed by atoms with van der Waals surface area (Å²) < 4.78 is 1.20. The zero-order valence-electron chi connectivity index (χ0n) is 11.5. The molecule has 106 valence electrons. The van der Waals surface area contributed by atoms with E-state index in [1.54, 1.807) is 0 Å². The van der Waals surface area contributed by atoms with Gasteiger partial charge in [0.25, 0.3) is 0 Å². The smallest absolute Gasteiger partial charge is 0.0302 e. The maximum absolute atomic E-state index is 3.71. The Labute approximate surface area is 133 Å². The van der Waals surface area contributed by atoms with Crippen LogP contribution in [0.3, 0.4) is 0 Å². The molecule has 1 fully saturated rings. The lowest BCUT2D eigenvalue weighted by molar-refractivity contribution is 0.342. The van der Waals surface area contributed by atoms with Gasteiger partial charge in [0, 0.05) is 27.3 Å². The molecule has 1 N–H and O–H groups in total. The van der Waals surface area contributed by atoms with Crippen LogP contribution in [-0.2, 0) is 6.54 Å². The maximum Gasteiger partial charge on any atom is 0.0302 e. The van der Waals surface area contributed by atoms with Gasteiger partial charge in [-0.15, -0.1) is 11.3 Å². The summed E-state index contributed by atoms with van der Waals surface area (Å²) in [5.41, 5.74) is 1.52. The van der Waals surface area contributed by atoms with Gasteiger partial charge in [-0.3, -0.25) is 0 Å². The number of hydrogen-bond donors (Lipinski definition) is 1. The zero-order valence-corrected chi connectivity index (χ0v) is 13.9. The first-order valence-electron chi connectivity index (χ1n) is 7.32. The first-order chi connectivity index (χ1) is 9.81. The predicted molar refractivity (Wildman–Crippen MR) is 90.3 cm³/mol. The average molecular weight is 350 g/mol. The van der Waals surface area contributed by atoms with E-state index in [1.807, 2.05) is 11.3 Å². The van der Waals surface area contributed by atoms with E-state index in [1.165, 1.54) is 40.6 Å². The molecule has 1 aliphatic carbocycles. The molecule has 1 aliphatic rings. The fourth-order valence-electron chi connectivity index (χ4n) is 3.05. The largest absolute Gasteiger partial charge is 0.309 e. The molecule has 0 amide bonds. The van der Waals surface area contributed by atoms with Crippen molar-refractivity contribution in [3.05, 3.63) is 56.7 Å². The number of halogens is 1. The van der Waals surface area contributed by atoms with Gasteiger partial charge in [-0.25, -0.2) is 0 Å². The molecule has 0 saturated heterocycles. The van der Waals surface area contributed by atoms with Crippen LogP contribution in [0.5, 0.6) is 0 Å². The summed E-state index contributed by atoms with van der Waals surface area (Å²) in [6, 6.07) is 13.9. The molecular formula is C17H20BrNS. The lowest BCUT2D eigenvalue weighted by atomic mass is 9.82. The third kappa shape index (κ3) is 3.72. The molecular weight excluding hydrogens is 330 g/mol. The monoisotopic (exact) mass is 349 g/mol. The second kappa shape index (κ2) is 6.88. The van der Waals surface area contributed by atoms with E-state index in [2.05, 4.69) is 63.0 Å². The van der Waals surface area contributed by atoms with Crippen LogP contribution in [0.15, 0.2) is 46.3 Å². The van der Waals surface area contributed by atoms with Crippen LogP contribution >= 0.6 is 27.3 Å². The lowest BCUT2D eigenvalue weighted by Gasteiger charge is -2.29. The summed E-state index contributed by atoms with van der Waals surface area (Å²) in [5, 5.41) is 5.87. The first-order valence-corrected chi connectivity index (χ1v) is 9.00. The summed E-state index contributed by atoms with van der Waals surface area (Å²) in [6.07, 6.45) is 5.23. The van der Waals surface area contributed by atoms with Crippen molar-refractivity contribution in [3.63, 3.8) is 0 Å². The SMILES string of the molecule is Brc1csc(CNC2CCC(c3ccccc3)CC2)c1. The average Bonchev–Trinajstić information content (AvgIpc) is 2.92. The van der Waals surface area contributed by atoms with Crippen molar-refractivity contribution < 1.29 is 0 Å². The van der Waals surface area contributed by atoms with E-state index < -0.39 is 0 Å². The molecule has 0 bridgehead atoms. The third-order valence-electron chi connectivity index (χ3n) is 4.18. The van der Waals surface area contributed by atoms with E-state index >= 15 is 0 Å². The van der Waals surface area contributed by atoms with E-state index in [4.69, 9.17) is 0 Å². The first kappa shape index (κ1) is 14.3. The van der Waals surface area contributed by atoms with Gasteiger partial charge < -0.3 is 5.32 Å². The van der Waals surface area contributed by atoms with Gasteiger partial charge in [0.15, 0.2) is 0 Å². The molecule has 0 radical (unpaired) electrons. The van der Waals surface area contributed by atoms with E-state index in [-0.39, 0.29) is 0 Å². The summed E-state index contributed by atoms with van der Waals surface area (Å²) in [5.74, 6) is 0.769. The number of thiophene rings is 1. The van der Waals surface area contributed by atoms with Crippen LogP contribution in [0, 0.1) is 0 Å². The molecule has 3 heteroatoms. The predicted octanol–water partition coefficient (Wildman–Crippen LogP) is 5.33. The van der Waals surface area contributed by atoms with Crippen LogP contribution in [0.1, 0.15) is 42.0 Å². The Balaban J connectivity index is 1.47. The van der Waals surface area contributed by atoms with Gasteiger partial charge in [-0.2, -0.15) is 0 Å². The molecule has 3 rings (SSSR count). The van der Waals surface area contributed by atoms with Gasteiger partial charge in [-0.1, -0.05) is 30.3 Å². The number of nitrogens with one attached hydrogen (secondary N) is 1. The Morgan fingerprint density at radius 3 is 2.50 bits per heavy atom. The van der Waals surface area contributed by atoms with Crippen molar-refractivity contribution >= 4 is 27.3 Å². The molecule has 1 aromatic carbocycles. The molecule has 0 aliphatic heterocycles. The Bertz CT molecular complexity index is 529. The summed E-state index contributed by atoms with van der Waals surface area (Å²) in [6.45, 7) is 1.01. The normalized spacial score (nSPS) is 22.9. The molecule has 1 heterocycles. The van der Waals surface area contributed by atoms with Crippen molar-refractivity contribution in [2.75, 3.05) is 0 Å². The molecule has 1 nitrogen and oxygen atoms in total. The van der Waals surface area contributed by atoms with E-state index in [0.29, 0.717) is 6.04 Å². The highest BCUT2D eigenvalue weighted by atomic mass is 79.9. The highest BCUT2D eigenvalue weighted by Crippen LogP contribution is 2.32. The topological polar surface area (TPSA) is 12.0 Å². The second-order valence-electron chi connectivity index (χ2n) is 5.57. The van der Waals surface area contributed by atoms with Crippen LogP contribution in [0.2, 0.25) is 0 Å². The minimum Gasteiger partial charge on any atom is -0.309 e. The van der Waals surface area contributed by atoms with Gasteiger partial charge >= 0.3 is 0 Å². The zero-order chi connectivity index (χ0) is 13.8. The van der Waals surface area contributed by atoms with Crippen molar-refractivity contribution in [2.24, 2.45) is 0 Å². The van der Waals surface area contributed by atoms with Gasteiger partial charge in [0.1, 0.15) is 0 Å². The van der Waals surface area contributed by atoms with Crippen LogP contribution in [-0.4, -0.2) is 6.04 Å². The molecule has 0 unspecified atom stereocenters. The van der Waals surface area contributed by atoms with Crippen LogP contribution in [0.4, 0.5) is 0 Å². The molecule has 2 aromatic rings. The van der Waals surface area contributed by atoms with Crippen molar-refractivity contribution in [3.8, 4) is 0 Å². The lowest BCUT2D eigenvalue weighted by Crippen LogP contribution is -2.32. The number of hydrogen-bond acceptors (Lipinski definition) is 2. The third-order valence-corrected chi connectivity index (χ3v) is 5.88. The van der Waals surface area contributed by atoms with Gasteiger partial charge in [0.05, 0.1) is 0 Å². The summed E-state index contributed by atoms with van der Waals surface area (Å²) >= 11 is 5.34. The maximum atomic E-state index is 3.71. The molecule has 1 aromatic heterocycles. The quantitative estimate of drug-likeness (QED) is 0.786. The fourth-order valence-corrected chi connectivity index (χ4v) is 4.45. The van der Waals surface area contributed by atoms with E-state index in [0.717, 1.165) is 12.5 Å². The molecule has 0 spiro atoms. The Hall–Kier alpha value is -0.640. The van der Waals surface area contributed by atoms with Crippen molar-refractivity contribution in [1.29, 1.82) is 0 Å². The minimum absolute atomic E-state index is 0.691. The fraction of sp³-hybridized carbons (Fsp3) is 0.412. The summed E-state index contributed by atoms with van der Waals surface area (Å²) in [4.78, 5) is 1.42. The van der Waals surface area contributed by atoms with E-state index in [9.17, 15) is 0 Å². The van der Waals surface area contributed by atoms with Crippen LogP contribution < -0.4 is 5.32 Å². The van der Waals surface area contributed by atoms with Gasteiger partial charge in [-0.05, 0) is 59.2 Å². The standard InChI is InChI=1S/C17H20BrNS/c18-15-10-17(20-12-15)11-19-16-8-6-14(7-9-16)13-4-2-1-3-5-13/h1-5,10,12,14,16,19H,6-9,11H2. The summed E-state index contributed by atoms with van der Waals surface area (Å²) in [7, 11) is 0.